The van der Waals surface area contributed by atoms with E-state index in [4.69, 9.17) is 0 Å². The fourth-order valence-corrected chi connectivity index (χ4v) is 4.28. The van der Waals surface area contributed by atoms with Crippen molar-refractivity contribution < 1.29 is 18.0 Å². The van der Waals surface area contributed by atoms with Crippen LogP contribution in [0.15, 0.2) is 42.5 Å². The van der Waals surface area contributed by atoms with E-state index in [1.165, 1.54) is 11.9 Å². The monoisotopic (exact) mass is 445 g/mol. The van der Waals surface area contributed by atoms with Crippen LogP contribution in [0, 0.1) is 20.8 Å². The van der Waals surface area contributed by atoms with Gasteiger partial charge in [-0.1, -0.05) is 42.0 Å². The Bertz CT molecular complexity index is 1070. The molecule has 2 rings (SSSR count). The molecular weight excluding hydrogens is 414 g/mol. The molecule has 1 atom stereocenters. The maximum absolute atomic E-state index is 13.4. The SMILES string of the molecule is CNC(=O)[C@H](C)N(Cc1cccc(C)c1)C(=O)CN(c1cc(C)ccc1C)S(C)(=O)=O. The fraction of sp³-hybridized carbons (Fsp3) is 0.391. The van der Waals surface area contributed by atoms with Crippen molar-refractivity contribution >= 4 is 27.5 Å². The van der Waals surface area contributed by atoms with E-state index in [2.05, 4.69) is 5.32 Å². The van der Waals surface area contributed by atoms with Crippen molar-refractivity contribution in [3.05, 3.63) is 64.7 Å². The van der Waals surface area contributed by atoms with Gasteiger partial charge in [-0.25, -0.2) is 8.42 Å². The fourth-order valence-electron chi connectivity index (χ4n) is 3.38. The van der Waals surface area contributed by atoms with Crippen LogP contribution in [0.1, 0.15) is 29.2 Å². The summed E-state index contributed by atoms with van der Waals surface area (Å²) in [6, 6.07) is 12.3. The van der Waals surface area contributed by atoms with Crippen LogP contribution in [0.4, 0.5) is 5.69 Å². The van der Waals surface area contributed by atoms with E-state index in [0.717, 1.165) is 32.8 Å². The third-order valence-corrected chi connectivity index (χ3v) is 6.29. The molecule has 1 N–H and O–H groups in total. The molecule has 0 saturated carbocycles. The van der Waals surface area contributed by atoms with Gasteiger partial charge in [-0.15, -0.1) is 0 Å². The van der Waals surface area contributed by atoms with Gasteiger partial charge in [0.1, 0.15) is 12.6 Å². The molecule has 0 heterocycles. The molecule has 2 aromatic carbocycles. The number of nitrogens with zero attached hydrogens (tertiary/aromatic N) is 2. The number of anilines is 1. The minimum atomic E-state index is -3.73. The summed E-state index contributed by atoms with van der Waals surface area (Å²) < 4.78 is 26.3. The minimum Gasteiger partial charge on any atom is -0.357 e. The number of benzene rings is 2. The second-order valence-corrected chi connectivity index (χ2v) is 9.77. The van der Waals surface area contributed by atoms with Gasteiger partial charge < -0.3 is 10.2 Å². The molecule has 0 spiro atoms. The Hall–Kier alpha value is -2.87. The van der Waals surface area contributed by atoms with E-state index < -0.39 is 28.5 Å². The first-order chi connectivity index (χ1) is 14.4. The van der Waals surface area contributed by atoms with Crippen molar-refractivity contribution in [2.24, 2.45) is 0 Å². The predicted molar refractivity (Wildman–Crippen MR) is 123 cm³/mol. The normalized spacial score (nSPS) is 12.2. The summed E-state index contributed by atoms with van der Waals surface area (Å²) in [7, 11) is -2.22. The summed E-state index contributed by atoms with van der Waals surface area (Å²) in [6.45, 7) is 7.05. The first-order valence-electron chi connectivity index (χ1n) is 10.1. The number of carbonyl (C=O) groups is 2. The van der Waals surface area contributed by atoms with Gasteiger partial charge in [0.15, 0.2) is 0 Å². The van der Waals surface area contributed by atoms with Gasteiger partial charge in [-0.3, -0.25) is 13.9 Å². The standard InChI is InChI=1S/C23H31N3O4S/c1-16-8-7-9-20(12-16)14-25(19(4)23(28)24-5)22(27)15-26(31(6,29)30)21-13-17(2)10-11-18(21)3/h7-13,19H,14-15H2,1-6H3,(H,24,28)/t19-/m0/s1. The lowest BCUT2D eigenvalue weighted by molar-refractivity contribution is -0.139. The van der Waals surface area contributed by atoms with Crippen molar-refractivity contribution in [1.82, 2.24) is 10.2 Å². The number of carbonyl (C=O) groups excluding carboxylic acids is 2. The average molecular weight is 446 g/mol. The number of sulfonamides is 1. The van der Waals surface area contributed by atoms with Gasteiger partial charge in [0.05, 0.1) is 11.9 Å². The van der Waals surface area contributed by atoms with Gasteiger partial charge >= 0.3 is 0 Å². The molecule has 0 saturated heterocycles. The summed E-state index contributed by atoms with van der Waals surface area (Å²) in [5.74, 6) is -0.775. The zero-order chi connectivity index (χ0) is 23.3. The number of nitrogens with one attached hydrogen (secondary N) is 1. The molecule has 0 bridgehead atoms. The van der Waals surface area contributed by atoms with E-state index >= 15 is 0 Å². The smallest absolute Gasteiger partial charge is 0.244 e. The number of amides is 2. The van der Waals surface area contributed by atoms with E-state index in [1.807, 2.05) is 50.2 Å². The number of hydrogen-bond acceptors (Lipinski definition) is 4. The van der Waals surface area contributed by atoms with Crippen molar-refractivity contribution in [1.29, 1.82) is 0 Å². The van der Waals surface area contributed by atoms with E-state index in [1.54, 1.807) is 19.9 Å². The third kappa shape index (κ3) is 6.30. The molecule has 0 aliphatic heterocycles. The molecule has 0 unspecified atom stereocenters. The maximum atomic E-state index is 13.4. The van der Waals surface area contributed by atoms with Crippen molar-refractivity contribution in [2.75, 3.05) is 24.2 Å². The molecule has 7 nitrogen and oxygen atoms in total. The Kier molecular flexibility index (Phi) is 7.84. The lowest BCUT2D eigenvalue weighted by Gasteiger charge is -2.31. The molecule has 2 aromatic rings. The van der Waals surface area contributed by atoms with Gasteiger partial charge in [0, 0.05) is 13.6 Å². The zero-order valence-corrected chi connectivity index (χ0v) is 19.8. The Morgan fingerprint density at radius 2 is 1.68 bits per heavy atom. The Labute approximate surface area is 185 Å². The highest BCUT2D eigenvalue weighted by atomic mass is 32.2. The molecule has 0 fully saturated rings. The van der Waals surface area contributed by atoms with E-state index in [-0.39, 0.29) is 12.5 Å². The van der Waals surface area contributed by atoms with Crippen molar-refractivity contribution in [3.63, 3.8) is 0 Å². The zero-order valence-electron chi connectivity index (χ0n) is 19.0. The molecular formula is C23H31N3O4S. The summed E-state index contributed by atoms with van der Waals surface area (Å²) in [5, 5.41) is 2.56. The molecule has 0 aromatic heterocycles. The number of rotatable bonds is 8. The quantitative estimate of drug-likeness (QED) is 0.677. The molecule has 31 heavy (non-hydrogen) atoms. The van der Waals surface area contributed by atoms with Gasteiger partial charge in [-0.2, -0.15) is 0 Å². The number of likely N-dealkylation sites (N-methyl/N-ethyl adjacent to an activating group) is 1. The van der Waals surface area contributed by atoms with E-state index in [0.29, 0.717) is 5.69 Å². The molecule has 0 aliphatic rings. The molecule has 2 amide bonds. The average Bonchev–Trinajstić information content (AvgIpc) is 2.70. The van der Waals surface area contributed by atoms with Crippen LogP contribution in [-0.4, -0.2) is 51.0 Å². The van der Waals surface area contributed by atoms with Crippen LogP contribution in [0.2, 0.25) is 0 Å². The first-order valence-corrected chi connectivity index (χ1v) is 11.9. The highest BCUT2D eigenvalue weighted by Gasteiger charge is 2.30. The van der Waals surface area contributed by atoms with Crippen LogP contribution in [0.3, 0.4) is 0 Å². The molecule has 168 valence electrons. The summed E-state index contributed by atoms with van der Waals surface area (Å²) in [4.78, 5) is 27.1. The molecule has 8 heteroatoms. The summed E-state index contributed by atoms with van der Waals surface area (Å²) in [6.07, 6.45) is 1.08. The highest BCUT2D eigenvalue weighted by Crippen LogP contribution is 2.24. The third-order valence-electron chi connectivity index (χ3n) is 5.16. The molecule has 0 radical (unpaired) electrons. The van der Waals surface area contributed by atoms with E-state index in [9.17, 15) is 18.0 Å². The largest absolute Gasteiger partial charge is 0.357 e. The van der Waals surface area contributed by atoms with Crippen molar-refractivity contribution in [3.8, 4) is 0 Å². The van der Waals surface area contributed by atoms with Gasteiger partial charge in [0.2, 0.25) is 21.8 Å². The number of hydrogen-bond donors (Lipinski definition) is 1. The lowest BCUT2D eigenvalue weighted by Crippen LogP contribution is -2.50. The Morgan fingerprint density at radius 3 is 2.26 bits per heavy atom. The van der Waals surface area contributed by atoms with Crippen LogP contribution >= 0.6 is 0 Å². The van der Waals surface area contributed by atoms with Gasteiger partial charge in [0.25, 0.3) is 0 Å². The highest BCUT2D eigenvalue weighted by molar-refractivity contribution is 7.92. The second-order valence-electron chi connectivity index (χ2n) is 7.86. The van der Waals surface area contributed by atoms with Crippen molar-refractivity contribution in [2.45, 2.75) is 40.3 Å². The van der Waals surface area contributed by atoms with Crippen LogP contribution in [-0.2, 0) is 26.2 Å². The summed E-state index contributed by atoms with van der Waals surface area (Å²) >= 11 is 0. The predicted octanol–water partition coefficient (Wildman–Crippen LogP) is 2.54. The van der Waals surface area contributed by atoms with Crippen LogP contribution in [0.25, 0.3) is 0 Å². The maximum Gasteiger partial charge on any atom is 0.244 e. The lowest BCUT2D eigenvalue weighted by atomic mass is 10.1. The summed E-state index contributed by atoms with van der Waals surface area (Å²) in [5.41, 5.74) is 3.98. The van der Waals surface area contributed by atoms with Crippen LogP contribution in [0.5, 0.6) is 0 Å². The minimum absolute atomic E-state index is 0.194. The Balaban J connectivity index is 2.43. The molecule has 0 aliphatic carbocycles. The van der Waals surface area contributed by atoms with Crippen LogP contribution < -0.4 is 9.62 Å². The van der Waals surface area contributed by atoms with Gasteiger partial charge in [-0.05, 0) is 50.5 Å². The second kappa shape index (κ2) is 9.96. The Morgan fingerprint density at radius 1 is 1.03 bits per heavy atom. The first kappa shape index (κ1) is 24.4. The number of aryl methyl sites for hydroxylation is 3. The topological polar surface area (TPSA) is 86.8 Å².